The molecule has 0 N–H and O–H groups in total. The molecule has 0 spiro atoms. The van der Waals surface area contributed by atoms with Crippen LogP contribution in [0, 0.1) is 5.92 Å². The molecule has 0 saturated carbocycles. The molecule has 0 heterocycles. The molecule has 0 aromatic rings. The van der Waals surface area contributed by atoms with E-state index in [1.165, 1.54) is 6.42 Å². The van der Waals surface area contributed by atoms with Crippen molar-refractivity contribution >= 4 is 0 Å². The molecule has 0 bridgehead atoms. The van der Waals surface area contributed by atoms with Crippen molar-refractivity contribution in [1.82, 2.24) is 4.90 Å². The van der Waals surface area contributed by atoms with Crippen LogP contribution in [0.2, 0.25) is 0 Å². The Kier molecular flexibility index (Phi) is 8.46. The Hall–Kier alpha value is -0.0800. The standard InChI is InChI=1S/C11H25NO/c1-5-11(4)10-13-9-8-12(6-2)7-3/h11H,5-10H2,1-4H3. The van der Waals surface area contributed by atoms with E-state index in [1.54, 1.807) is 0 Å². The first-order chi connectivity index (χ1) is 6.24. The number of likely N-dealkylation sites (N-methyl/N-ethyl adjacent to an activating group) is 1. The third kappa shape index (κ3) is 7.03. The van der Waals surface area contributed by atoms with Crippen LogP contribution >= 0.6 is 0 Å². The summed E-state index contributed by atoms with van der Waals surface area (Å²) in [7, 11) is 0. The summed E-state index contributed by atoms with van der Waals surface area (Å²) in [4.78, 5) is 2.39. The number of ether oxygens (including phenoxy) is 1. The van der Waals surface area contributed by atoms with E-state index in [0.717, 1.165) is 32.8 Å². The van der Waals surface area contributed by atoms with E-state index in [9.17, 15) is 0 Å². The zero-order valence-electron chi connectivity index (χ0n) is 9.68. The highest BCUT2D eigenvalue weighted by atomic mass is 16.5. The number of hydrogen-bond donors (Lipinski definition) is 0. The molecule has 2 heteroatoms. The van der Waals surface area contributed by atoms with Gasteiger partial charge in [0.25, 0.3) is 0 Å². The zero-order chi connectivity index (χ0) is 10.1. The van der Waals surface area contributed by atoms with Crippen LogP contribution in [0.4, 0.5) is 0 Å². The van der Waals surface area contributed by atoms with Crippen molar-refractivity contribution in [3.63, 3.8) is 0 Å². The molecule has 80 valence electrons. The van der Waals surface area contributed by atoms with Gasteiger partial charge in [0, 0.05) is 13.2 Å². The Morgan fingerprint density at radius 3 is 2.23 bits per heavy atom. The molecule has 1 unspecified atom stereocenters. The molecule has 0 radical (unpaired) electrons. The lowest BCUT2D eigenvalue weighted by Crippen LogP contribution is -2.27. The van der Waals surface area contributed by atoms with Gasteiger partial charge in [-0.05, 0) is 19.0 Å². The van der Waals surface area contributed by atoms with Gasteiger partial charge in [0.1, 0.15) is 0 Å². The van der Waals surface area contributed by atoms with Gasteiger partial charge in [-0.25, -0.2) is 0 Å². The van der Waals surface area contributed by atoms with Crippen LogP contribution < -0.4 is 0 Å². The van der Waals surface area contributed by atoms with Crippen molar-refractivity contribution in [1.29, 1.82) is 0 Å². The van der Waals surface area contributed by atoms with Crippen LogP contribution in [-0.4, -0.2) is 37.7 Å². The lowest BCUT2D eigenvalue weighted by Gasteiger charge is -2.18. The topological polar surface area (TPSA) is 12.5 Å². The average Bonchev–Trinajstić information content (AvgIpc) is 2.18. The van der Waals surface area contributed by atoms with Gasteiger partial charge in [0.15, 0.2) is 0 Å². The van der Waals surface area contributed by atoms with E-state index in [4.69, 9.17) is 4.74 Å². The fraction of sp³-hybridized carbons (Fsp3) is 1.00. The summed E-state index contributed by atoms with van der Waals surface area (Å²) in [6.07, 6.45) is 1.21. The molecule has 1 atom stereocenters. The highest BCUT2D eigenvalue weighted by molar-refractivity contribution is 4.51. The van der Waals surface area contributed by atoms with Gasteiger partial charge in [-0.2, -0.15) is 0 Å². The monoisotopic (exact) mass is 187 g/mol. The van der Waals surface area contributed by atoms with E-state index >= 15 is 0 Å². The van der Waals surface area contributed by atoms with Gasteiger partial charge >= 0.3 is 0 Å². The van der Waals surface area contributed by atoms with Gasteiger partial charge in [-0.15, -0.1) is 0 Å². The highest BCUT2D eigenvalue weighted by Gasteiger charge is 2.00. The third-order valence-corrected chi connectivity index (χ3v) is 2.55. The molecule has 0 aliphatic rings. The molecule has 2 nitrogen and oxygen atoms in total. The summed E-state index contributed by atoms with van der Waals surface area (Å²) in [6.45, 7) is 14.0. The molecule has 0 aliphatic carbocycles. The van der Waals surface area contributed by atoms with Gasteiger partial charge in [-0.3, -0.25) is 0 Å². The van der Waals surface area contributed by atoms with Crippen LogP contribution in [0.25, 0.3) is 0 Å². The Labute approximate surface area is 83.3 Å². The number of hydrogen-bond acceptors (Lipinski definition) is 2. The van der Waals surface area contributed by atoms with Crippen molar-refractivity contribution < 1.29 is 4.74 Å². The van der Waals surface area contributed by atoms with Gasteiger partial charge in [-0.1, -0.05) is 34.1 Å². The minimum absolute atomic E-state index is 0.705. The van der Waals surface area contributed by atoms with Crippen molar-refractivity contribution in [3.8, 4) is 0 Å². The second kappa shape index (κ2) is 8.52. The fourth-order valence-corrected chi connectivity index (χ4v) is 1.14. The Balaban J connectivity index is 3.23. The maximum Gasteiger partial charge on any atom is 0.0593 e. The van der Waals surface area contributed by atoms with Crippen LogP contribution in [-0.2, 0) is 4.74 Å². The third-order valence-electron chi connectivity index (χ3n) is 2.55. The molecular formula is C11H25NO. The summed E-state index contributed by atoms with van der Waals surface area (Å²) < 4.78 is 5.58. The molecule has 0 aromatic heterocycles. The first kappa shape index (κ1) is 12.9. The molecule has 0 aromatic carbocycles. The molecule has 0 rings (SSSR count). The molecular weight excluding hydrogens is 162 g/mol. The smallest absolute Gasteiger partial charge is 0.0593 e. The van der Waals surface area contributed by atoms with Crippen molar-refractivity contribution in [2.24, 2.45) is 5.92 Å². The second-order valence-corrected chi connectivity index (χ2v) is 3.62. The molecule has 0 amide bonds. The fourth-order valence-electron chi connectivity index (χ4n) is 1.14. The number of nitrogens with zero attached hydrogens (tertiary/aromatic N) is 1. The quantitative estimate of drug-likeness (QED) is 0.541. The molecule has 13 heavy (non-hydrogen) atoms. The lowest BCUT2D eigenvalue weighted by atomic mass is 10.1. The van der Waals surface area contributed by atoms with Gasteiger partial charge in [0.2, 0.25) is 0 Å². The van der Waals surface area contributed by atoms with E-state index in [2.05, 4.69) is 32.6 Å². The predicted molar refractivity (Wildman–Crippen MR) is 58.1 cm³/mol. The lowest BCUT2D eigenvalue weighted by molar-refractivity contribution is 0.0831. The minimum Gasteiger partial charge on any atom is -0.380 e. The van der Waals surface area contributed by atoms with Crippen LogP contribution in [0.3, 0.4) is 0 Å². The van der Waals surface area contributed by atoms with Crippen molar-refractivity contribution in [2.45, 2.75) is 34.1 Å². The highest BCUT2D eigenvalue weighted by Crippen LogP contribution is 2.00. The van der Waals surface area contributed by atoms with Crippen LogP contribution in [0.5, 0.6) is 0 Å². The summed E-state index contributed by atoms with van der Waals surface area (Å²) in [5, 5.41) is 0. The average molecular weight is 187 g/mol. The Bertz CT molecular complexity index is 102. The Morgan fingerprint density at radius 2 is 1.77 bits per heavy atom. The maximum atomic E-state index is 5.58. The van der Waals surface area contributed by atoms with Gasteiger partial charge < -0.3 is 9.64 Å². The molecule has 0 saturated heterocycles. The normalized spacial score (nSPS) is 13.6. The molecule has 0 aliphatic heterocycles. The summed E-state index contributed by atoms with van der Waals surface area (Å²) in [5.74, 6) is 0.705. The van der Waals surface area contributed by atoms with E-state index in [1.807, 2.05) is 0 Å². The number of rotatable bonds is 8. The SMILES string of the molecule is CCC(C)COCCN(CC)CC. The first-order valence-corrected chi connectivity index (χ1v) is 5.54. The van der Waals surface area contributed by atoms with Gasteiger partial charge in [0.05, 0.1) is 6.61 Å². The van der Waals surface area contributed by atoms with Crippen molar-refractivity contribution in [2.75, 3.05) is 32.8 Å². The Morgan fingerprint density at radius 1 is 1.15 bits per heavy atom. The largest absolute Gasteiger partial charge is 0.380 e. The second-order valence-electron chi connectivity index (χ2n) is 3.62. The van der Waals surface area contributed by atoms with E-state index in [0.29, 0.717) is 5.92 Å². The molecule has 0 fully saturated rings. The van der Waals surface area contributed by atoms with Crippen molar-refractivity contribution in [3.05, 3.63) is 0 Å². The predicted octanol–water partition coefficient (Wildman–Crippen LogP) is 2.39. The maximum absolute atomic E-state index is 5.58. The van der Waals surface area contributed by atoms with E-state index in [-0.39, 0.29) is 0 Å². The van der Waals surface area contributed by atoms with Crippen LogP contribution in [0.15, 0.2) is 0 Å². The summed E-state index contributed by atoms with van der Waals surface area (Å²) >= 11 is 0. The summed E-state index contributed by atoms with van der Waals surface area (Å²) in [6, 6.07) is 0. The van der Waals surface area contributed by atoms with E-state index < -0.39 is 0 Å². The first-order valence-electron chi connectivity index (χ1n) is 5.54. The minimum atomic E-state index is 0.705. The zero-order valence-corrected chi connectivity index (χ0v) is 9.68. The summed E-state index contributed by atoms with van der Waals surface area (Å²) in [5.41, 5.74) is 0. The van der Waals surface area contributed by atoms with Crippen LogP contribution in [0.1, 0.15) is 34.1 Å².